The Morgan fingerprint density at radius 3 is 1.73 bits per heavy atom. The molecule has 2 amide bonds. The minimum absolute atomic E-state index is 0.0971. The van der Waals surface area contributed by atoms with Crippen LogP contribution in [-0.2, 0) is 9.53 Å². The number of alkyl carbamates (subject to hydrolysis) is 1. The Bertz CT molecular complexity index is 370. The highest BCUT2D eigenvalue weighted by atomic mass is 16.5. The standard InChI is InChI=1S/C17H30N2O3/c1-12(20)18-15-7-3-13(4-8-15)11-14-5-9-16(10-6-14)19-17(21)22-2/h13-16H,3-11H2,1-2H3,(H,18,20)(H,19,21). The monoisotopic (exact) mass is 310 g/mol. The van der Waals surface area contributed by atoms with Gasteiger partial charge >= 0.3 is 6.09 Å². The first kappa shape index (κ1) is 17.1. The predicted molar refractivity (Wildman–Crippen MR) is 85.5 cm³/mol. The van der Waals surface area contributed by atoms with Crippen molar-refractivity contribution in [2.75, 3.05) is 7.11 Å². The van der Waals surface area contributed by atoms with Crippen LogP contribution in [0.2, 0.25) is 0 Å². The third-order valence-electron chi connectivity index (χ3n) is 5.27. The second-order valence-corrected chi connectivity index (χ2v) is 7.01. The third-order valence-corrected chi connectivity index (χ3v) is 5.27. The quantitative estimate of drug-likeness (QED) is 0.839. The molecule has 0 unspecified atom stereocenters. The van der Waals surface area contributed by atoms with E-state index in [1.807, 2.05) is 0 Å². The molecule has 0 aromatic heterocycles. The summed E-state index contributed by atoms with van der Waals surface area (Å²) in [4.78, 5) is 22.3. The minimum Gasteiger partial charge on any atom is -0.453 e. The molecule has 5 heteroatoms. The fraction of sp³-hybridized carbons (Fsp3) is 0.882. The molecule has 2 aliphatic rings. The van der Waals surface area contributed by atoms with Crippen LogP contribution < -0.4 is 10.6 Å². The van der Waals surface area contributed by atoms with E-state index in [-0.39, 0.29) is 12.0 Å². The zero-order valence-corrected chi connectivity index (χ0v) is 13.9. The fourth-order valence-corrected chi connectivity index (χ4v) is 4.07. The molecule has 0 atom stereocenters. The molecule has 126 valence electrons. The lowest BCUT2D eigenvalue weighted by atomic mass is 9.75. The Balaban J connectivity index is 1.63. The van der Waals surface area contributed by atoms with Gasteiger partial charge in [-0.3, -0.25) is 4.79 Å². The molecule has 2 saturated carbocycles. The zero-order chi connectivity index (χ0) is 15.9. The van der Waals surface area contributed by atoms with Gasteiger partial charge in [0.05, 0.1) is 7.11 Å². The topological polar surface area (TPSA) is 67.4 Å². The molecule has 2 rings (SSSR count). The van der Waals surface area contributed by atoms with Gasteiger partial charge in [-0.25, -0.2) is 4.79 Å². The first-order chi connectivity index (χ1) is 10.6. The molecule has 0 aromatic rings. The van der Waals surface area contributed by atoms with Gasteiger partial charge in [-0.05, 0) is 69.6 Å². The second-order valence-electron chi connectivity index (χ2n) is 7.01. The van der Waals surface area contributed by atoms with Crippen molar-refractivity contribution in [2.24, 2.45) is 11.8 Å². The van der Waals surface area contributed by atoms with Crippen molar-refractivity contribution in [2.45, 2.75) is 76.8 Å². The number of ether oxygens (including phenoxy) is 1. The van der Waals surface area contributed by atoms with E-state index in [2.05, 4.69) is 15.4 Å². The van der Waals surface area contributed by atoms with E-state index in [1.165, 1.54) is 39.2 Å². The maximum Gasteiger partial charge on any atom is 0.407 e. The smallest absolute Gasteiger partial charge is 0.407 e. The second kappa shape index (κ2) is 8.39. The summed E-state index contributed by atoms with van der Waals surface area (Å²) in [6.45, 7) is 1.60. The van der Waals surface area contributed by atoms with Crippen LogP contribution in [0.4, 0.5) is 4.79 Å². The van der Waals surface area contributed by atoms with E-state index in [1.54, 1.807) is 6.92 Å². The van der Waals surface area contributed by atoms with Gasteiger partial charge in [0.2, 0.25) is 5.91 Å². The van der Waals surface area contributed by atoms with Crippen molar-refractivity contribution < 1.29 is 14.3 Å². The van der Waals surface area contributed by atoms with Crippen LogP contribution in [0.1, 0.15) is 64.7 Å². The van der Waals surface area contributed by atoms with Gasteiger partial charge < -0.3 is 15.4 Å². The van der Waals surface area contributed by atoms with Crippen molar-refractivity contribution in [1.82, 2.24) is 10.6 Å². The molecule has 0 radical (unpaired) electrons. The first-order valence-electron chi connectivity index (χ1n) is 8.68. The van der Waals surface area contributed by atoms with Crippen LogP contribution in [0.3, 0.4) is 0 Å². The van der Waals surface area contributed by atoms with Crippen LogP contribution in [0.15, 0.2) is 0 Å². The first-order valence-corrected chi connectivity index (χ1v) is 8.68. The molecule has 0 spiro atoms. The molecule has 0 bridgehead atoms. The van der Waals surface area contributed by atoms with Gasteiger partial charge in [-0.2, -0.15) is 0 Å². The Morgan fingerprint density at radius 2 is 1.32 bits per heavy atom. The summed E-state index contributed by atoms with van der Waals surface area (Å²) < 4.78 is 4.66. The van der Waals surface area contributed by atoms with Crippen LogP contribution in [0, 0.1) is 11.8 Å². The summed E-state index contributed by atoms with van der Waals surface area (Å²) in [5.41, 5.74) is 0. The summed E-state index contributed by atoms with van der Waals surface area (Å²) in [7, 11) is 1.41. The number of carbonyl (C=O) groups is 2. The summed E-state index contributed by atoms with van der Waals surface area (Å²) in [5, 5.41) is 5.96. The van der Waals surface area contributed by atoms with Gasteiger partial charge in [-0.15, -0.1) is 0 Å². The average molecular weight is 310 g/mol. The third kappa shape index (κ3) is 5.50. The Morgan fingerprint density at radius 1 is 0.864 bits per heavy atom. The molecule has 2 fully saturated rings. The average Bonchev–Trinajstić information content (AvgIpc) is 2.50. The van der Waals surface area contributed by atoms with E-state index in [4.69, 9.17) is 0 Å². The number of carbonyl (C=O) groups excluding carboxylic acids is 2. The molecular weight excluding hydrogens is 280 g/mol. The van der Waals surface area contributed by atoms with E-state index in [9.17, 15) is 9.59 Å². The maximum atomic E-state index is 11.2. The lowest BCUT2D eigenvalue weighted by Gasteiger charge is -2.34. The number of rotatable bonds is 4. The molecule has 0 heterocycles. The largest absolute Gasteiger partial charge is 0.453 e. The van der Waals surface area contributed by atoms with Crippen LogP contribution in [0.25, 0.3) is 0 Å². The lowest BCUT2D eigenvalue weighted by Crippen LogP contribution is -2.38. The normalized spacial score (nSPS) is 32.1. The van der Waals surface area contributed by atoms with Gasteiger partial charge in [0.15, 0.2) is 0 Å². The molecule has 2 aliphatic carbocycles. The predicted octanol–water partition coefficient (Wildman–Crippen LogP) is 2.99. The highest BCUT2D eigenvalue weighted by molar-refractivity contribution is 5.73. The van der Waals surface area contributed by atoms with Crippen molar-refractivity contribution in [3.63, 3.8) is 0 Å². The summed E-state index contributed by atoms with van der Waals surface area (Å²) in [5.74, 6) is 1.72. The Kier molecular flexibility index (Phi) is 6.52. The van der Waals surface area contributed by atoms with Crippen molar-refractivity contribution in [3.05, 3.63) is 0 Å². The summed E-state index contributed by atoms with van der Waals surface area (Å²) in [6, 6.07) is 0.688. The van der Waals surface area contributed by atoms with Crippen molar-refractivity contribution in [1.29, 1.82) is 0 Å². The molecule has 0 saturated heterocycles. The molecule has 22 heavy (non-hydrogen) atoms. The number of methoxy groups -OCH3 is 1. The van der Waals surface area contributed by atoms with E-state index in [0.717, 1.165) is 37.5 Å². The van der Waals surface area contributed by atoms with Gasteiger partial charge in [0.1, 0.15) is 0 Å². The van der Waals surface area contributed by atoms with Crippen molar-refractivity contribution >= 4 is 12.0 Å². The highest BCUT2D eigenvalue weighted by Gasteiger charge is 2.27. The number of hydrogen-bond donors (Lipinski definition) is 2. The molecule has 0 aliphatic heterocycles. The Labute approximate surface area is 133 Å². The number of amides is 2. The molecular formula is C17H30N2O3. The van der Waals surface area contributed by atoms with E-state index in [0.29, 0.717) is 12.1 Å². The van der Waals surface area contributed by atoms with Gasteiger partial charge in [0, 0.05) is 19.0 Å². The highest BCUT2D eigenvalue weighted by Crippen LogP contribution is 2.35. The van der Waals surface area contributed by atoms with Gasteiger partial charge in [0.25, 0.3) is 0 Å². The van der Waals surface area contributed by atoms with Crippen LogP contribution >= 0.6 is 0 Å². The van der Waals surface area contributed by atoms with E-state index < -0.39 is 0 Å². The summed E-state index contributed by atoms with van der Waals surface area (Å²) in [6.07, 6.45) is 10.3. The number of nitrogens with one attached hydrogen (secondary N) is 2. The molecule has 5 nitrogen and oxygen atoms in total. The summed E-state index contributed by atoms with van der Waals surface area (Å²) >= 11 is 0. The minimum atomic E-state index is -0.306. The Hall–Kier alpha value is -1.26. The fourth-order valence-electron chi connectivity index (χ4n) is 4.07. The number of hydrogen-bond acceptors (Lipinski definition) is 3. The molecule has 2 N–H and O–H groups in total. The van der Waals surface area contributed by atoms with Crippen LogP contribution in [-0.4, -0.2) is 31.2 Å². The van der Waals surface area contributed by atoms with Gasteiger partial charge in [-0.1, -0.05) is 0 Å². The van der Waals surface area contributed by atoms with E-state index >= 15 is 0 Å². The molecule has 0 aromatic carbocycles. The van der Waals surface area contributed by atoms with Crippen LogP contribution in [0.5, 0.6) is 0 Å². The zero-order valence-electron chi connectivity index (χ0n) is 13.9. The lowest BCUT2D eigenvalue weighted by molar-refractivity contribution is -0.119. The maximum absolute atomic E-state index is 11.2. The van der Waals surface area contributed by atoms with Crippen molar-refractivity contribution in [3.8, 4) is 0 Å². The SMILES string of the molecule is COC(=O)NC1CCC(CC2CCC(NC(C)=O)CC2)CC1.